The number of aromatic nitrogens is 2. The molecule has 20 heavy (non-hydrogen) atoms. The second-order valence-electron chi connectivity index (χ2n) is 5.37. The number of halogens is 1. The lowest BCUT2D eigenvalue weighted by Gasteiger charge is -2.24. The first-order valence-electron chi connectivity index (χ1n) is 6.77. The molecule has 0 radical (unpaired) electrons. The van der Waals surface area contributed by atoms with Crippen molar-refractivity contribution in [2.75, 3.05) is 30.0 Å². The molecule has 1 aromatic heterocycles. The van der Waals surface area contributed by atoms with Crippen molar-refractivity contribution in [2.45, 2.75) is 26.7 Å². The Morgan fingerprint density at radius 1 is 1.40 bits per heavy atom. The molecule has 2 heterocycles. The molecule has 1 saturated heterocycles. The molecular weight excluding hydrogens is 298 g/mol. The van der Waals surface area contributed by atoms with Gasteiger partial charge in [-0.1, -0.05) is 18.5 Å². The summed E-state index contributed by atoms with van der Waals surface area (Å²) in [5.74, 6) is 2.19. The van der Waals surface area contributed by atoms with E-state index in [4.69, 9.17) is 11.6 Å². The standard InChI is InChI=1S/C13H20ClN3O2S/c1-4-11-12(14)15-9(2)16-13(11)17(3)7-10-5-6-20(18,19)8-10/h10H,4-8H2,1-3H3/t10-/m1/s1. The maximum absolute atomic E-state index is 11.5. The fourth-order valence-electron chi connectivity index (χ4n) is 2.66. The van der Waals surface area contributed by atoms with Crippen LogP contribution >= 0.6 is 11.6 Å². The summed E-state index contributed by atoms with van der Waals surface area (Å²) in [6, 6.07) is 0. The van der Waals surface area contributed by atoms with Gasteiger partial charge >= 0.3 is 0 Å². The maximum Gasteiger partial charge on any atom is 0.150 e. The highest BCUT2D eigenvalue weighted by atomic mass is 35.5. The minimum atomic E-state index is -2.84. The predicted octanol–water partition coefficient (Wildman–Crippen LogP) is 1.87. The summed E-state index contributed by atoms with van der Waals surface area (Å²) in [7, 11) is -0.908. The Morgan fingerprint density at radius 3 is 2.65 bits per heavy atom. The summed E-state index contributed by atoms with van der Waals surface area (Å²) in [6.45, 7) is 4.50. The van der Waals surface area contributed by atoms with E-state index in [9.17, 15) is 8.42 Å². The Balaban J connectivity index is 2.19. The Labute approximate surface area is 125 Å². The quantitative estimate of drug-likeness (QED) is 0.793. The van der Waals surface area contributed by atoms with Gasteiger partial charge in [-0.05, 0) is 25.7 Å². The van der Waals surface area contributed by atoms with Crippen molar-refractivity contribution >= 4 is 27.3 Å². The average Bonchev–Trinajstić information content (AvgIpc) is 2.67. The zero-order valence-electron chi connectivity index (χ0n) is 12.1. The first-order chi connectivity index (χ1) is 9.32. The fourth-order valence-corrected chi connectivity index (χ4v) is 4.85. The molecule has 2 rings (SSSR count). The van der Waals surface area contributed by atoms with E-state index >= 15 is 0 Å². The van der Waals surface area contributed by atoms with Crippen LogP contribution in [0, 0.1) is 12.8 Å². The molecule has 0 bridgehead atoms. The molecule has 1 aliphatic rings. The van der Waals surface area contributed by atoms with Crippen LogP contribution in [0.1, 0.15) is 24.7 Å². The van der Waals surface area contributed by atoms with Gasteiger partial charge in [0, 0.05) is 19.2 Å². The number of hydrogen-bond donors (Lipinski definition) is 0. The van der Waals surface area contributed by atoms with Gasteiger partial charge in [-0.2, -0.15) is 0 Å². The average molecular weight is 318 g/mol. The first-order valence-corrected chi connectivity index (χ1v) is 8.97. The number of hydrogen-bond acceptors (Lipinski definition) is 5. The summed E-state index contributed by atoms with van der Waals surface area (Å²) in [4.78, 5) is 10.6. The molecular formula is C13H20ClN3O2S. The summed E-state index contributed by atoms with van der Waals surface area (Å²) < 4.78 is 23.1. The van der Waals surface area contributed by atoms with E-state index < -0.39 is 9.84 Å². The third kappa shape index (κ3) is 3.41. The van der Waals surface area contributed by atoms with Crippen LogP contribution < -0.4 is 4.90 Å². The lowest BCUT2D eigenvalue weighted by molar-refractivity contribution is 0.578. The summed E-state index contributed by atoms with van der Waals surface area (Å²) in [6.07, 6.45) is 1.48. The normalized spacial score (nSPS) is 21.1. The molecule has 5 nitrogen and oxygen atoms in total. The van der Waals surface area contributed by atoms with Gasteiger partial charge in [-0.25, -0.2) is 18.4 Å². The number of anilines is 1. The number of sulfone groups is 1. The molecule has 0 aromatic carbocycles. The summed E-state index contributed by atoms with van der Waals surface area (Å²) in [5.41, 5.74) is 0.917. The van der Waals surface area contributed by atoms with E-state index in [0.29, 0.717) is 23.3 Å². The van der Waals surface area contributed by atoms with Gasteiger partial charge in [0.05, 0.1) is 11.5 Å². The first kappa shape index (κ1) is 15.5. The number of nitrogens with zero attached hydrogens (tertiary/aromatic N) is 3. The smallest absolute Gasteiger partial charge is 0.150 e. The second-order valence-corrected chi connectivity index (χ2v) is 7.95. The monoisotopic (exact) mass is 317 g/mol. The van der Waals surface area contributed by atoms with E-state index in [1.54, 1.807) is 0 Å². The van der Waals surface area contributed by atoms with Crippen LogP contribution in [-0.2, 0) is 16.3 Å². The van der Waals surface area contributed by atoms with Gasteiger partial charge in [0.2, 0.25) is 0 Å². The minimum Gasteiger partial charge on any atom is -0.359 e. The highest BCUT2D eigenvalue weighted by Crippen LogP contribution is 2.27. The summed E-state index contributed by atoms with van der Waals surface area (Å²) >= 11 is 6.17. The van der Waals surface area contributed by atoms with E-state index in [1.165, 1.54) is 0 Å². The predicted molar refractivity (Wildman–Crippen MR) is 81.2 cm³/mol. The van der Waals surface area contributed by atoms with Crippen LogP contribution in [0.2, 0.25) is 5.15 Å². The molecule has 1 aromatic rings. The van der Waals surface area contributed by atoms with Crippen molar-refractivity contribution in [1.82, 2.24) is 9.97 Å². The van der Waals surface area contributed by atoms with Crippen LogP contribution in [0.5, 0.6) is 0 Å². The molecule has 0 aliphatic carbocycles. The van der Waals surface area contributed by atoms with E-state index in [1.807, 2.05) is 25.8 Å². The Morgan fingerprint density at radius 2 is 2.10 bits per heavy atom. The molecule has 7 heteroatoms. The highest BCUT2D eigenvalue weighted by molar-refractivity contribution is 7.91. The fraction of sp³-hybridized carbons (Fsp3) is 0.692. The third-order valence-corrected chi connectivity index (χ3v) is 5.77. The topological polar surface area (TPSA) is 63.2 Å². The molecule has 0 amide bonds. The van der Waals surface area contributed by atoms with Crippen molar-refractivity contribution in [3.05, 3.63) is 16.5 Å². The van der Waals surface area contributed by atoms with E-state index in [0.717, 1.165) is 24.2 Å². The van der Waals surface area contributed by atoms with E-state index in [2.05, 4.69) is 9.97 Å². The highest BCUT2D eigenvalue weighted by Gasteiger charge is 2.29. The molecule has 0 saturated carbocycles. The minimum absolute atomic E-state index is 0.170. The molecule has 1 fully saturated rings. The van der Waals surface area contributed by atoms with Crippen LogP contribution in [0.25, 0.3) is 0 Å². The Hall–Kier alpha value is -0.880. The molecule has 1 aliphatic heterocycles. The molecule has 1 atom stereocenters. The lowest BCUT2D eigenvalue weighted by Crippen LogP contribution is -2.28. The van der Waals surface area contributed by atoms with Gasteiger partial charge in [0.25, 0.3) is 0 Å². The van der Waals surface area contributed by atoms with Crippen LogP contribution in [0.3, 0.4) is 0 Å². The van der Waals surface area contributed by atoms with Crippen molar-refractivity contribution in [3.8, 4) is 0 Å². The molecule has 0 unspecified atom stereocenters. The molecule has 0 spiro atoms. The number of rotatable bonds is 4. The van der Waals surface area contributed by atoms with Gasteiger partial charge < -0.3 is 4.90 Å². The zero-order chi connectivity index (χ0) is 14.9. The summed E-state index contributed by atoms with van der Waals surface area (Å²) in [5, 5.41) is 0.487. The molecule has 0 N–H and O–H groups in total. The van der Waals surface area contributed by atoms with Gasteiger partial charge in [0.1, 0.15) is 16.8 Å². The van der Waals surface area contributed by atoms with Crippen molar-refractivity contribution < 1.29 is 8.42 Å². The molecule has 112 valence electrons. The third-order valence-electron chi connectivity index (χ3n) is 3.62. The van der Waals surface area contributed by atoms with Gasteiger partial charge in [-0.15, -0.1) is 0 Å². The van der Waals surface area contributed by atoms with Crippen molar-refractivity contribution in [2.24, 2.45) is 5.92 Å². The van der Waals surface area contributed by atoms with E-state index in [-0.39, 0.29) is 11.7 Å². The maximum atomic E-state index is 11.5. The van der Waals surface area contributed by atoms with Crippen LogP contribution in [0.15, 0.2) is 0 Å². The Kier molecular flexibility index (Phi) is 4.54. The van der Waals surface area contributed by atoms with Crippen molar-refractivity contribution in [3.63, 3.8) is 0 Å². The largest absolute Gasteiger partial charge is 0.359 e. The zero-order valence-corrected chi connectivity index (χ0v) is 13.6. The van der Waals surface area contributed by atoms with Gasteiger partial charge in [-0.3, -0.25) is 0 Å². The number of aryl methyl sites for hydroxylation is 1. The van der Waals surface area contributed by atoms with Gasteiger partial charge in [0.15, 0.2) is 9.84 Å². The van der Waals surface area contributed by atoms with Crippen LogP contribution in [0.4, 0.5) is 5.82 Å². The lowest BCUT2D eigenvalue weighted by atomic mass is 10.1. The SMILES string of the molecule is CCc1c(Cl)nc(C)nc1N(C)C[C@H]1CCS(=O)(=O)C1. The van der Waals surface area contributed by atoms with Crippen molar-refractivity contribution in [1.29, 1.82) is 0 Å². The Bertz CT molecular complexity index is 604. The van der Waals surface area contributed by atoms with Crippen LogP contribution in [-0.4, -0.2) is 43.5 Å². The second kappa shape index (κ2) is 5.85.